The Labute approximate surface area is 127 Å². The second kappa shape index (κ2) is 5.88. The van der Waals surface area contributed by atoms with E-state index in [2.05, 4.69) is 26.9 Å². The lowest BCUT2D eigenvalue weighted by molar-refractivity contribution is 0.0689. The van der Waals surface area contributed by atoms with E-state index in [1.807, 2.05) is 0 Å². The molecule has 0 atom stereocenters. The van der Waals surface area contributed by atoms with E-state index in [9.17, 15) is 9.90 Å². The van der Waals surface area contributed by atoms with Crippen molar-refractivity contribution in [1.29, 1.82) is 0 Å². The molecule has 0 saturated carbocycles. The maximum absolute atomic E-state index is 11.5. The lowest BCUT2D eigenvalue weighted by atomic mass is 10.1. The molecule has 3 rings (SSSR count). The summed E-state index contributed by atoms with van der Waals surface area (Å²) in [6.45, 7) is 6.02. The topological polar surface area (TPSA) is 92.9 Å². The Morgan fingerprint density at radius 3 is 2.86 bits per heavy atom. The van der Waals surface area contributed by atoms with Crippen LogP contribution in [0.3, 0.4) is 0 Å². The van der Waals surface area contributed by atoms with Gasteiger partial charge < -0.3 is 14.7 Å². The van der Waals surface area contributed by atoms with Gasteiger partial charge in [0.2, 0.25) is 0 Å². The van der Waals surface area contributed by atoms with Crippen molar-refractivity contribution in [3.05, 3.63) is 17.6 Å². The van der Waals surface area contributed by atoms with Gasteiger partial charge in [-0.1, -0.05) is 0 Å². The van der Waals surface area contributed by atoms with E-state index in [4.69, 9.17) is 4.74 Å². The number of hydrogen-bond acceptors (Lipinski definition) is 6. The summed E-state index contributed by atoms with van der Waals surface area (Å²) in [6, 6.07) is 0.300. The fourth-order valence-electron chi connectivity index (χ4n) is 3.03. The third-order valence-electron chi connectivity index (χ3n) is 4.08. The van der Waals surface area contributed by atoms with Gasteiger partial charge in [-0.15, -0.1) is 0 Å². The van der Waals surface area contributed by atoms with Gasteiger partial charge in [0, 0.05) is 31.4 Å². The highest BCUT2D eigenvalue weighted by Crippen LogP contribution is 2.27. The molecule has 0 spiro atoms. The highest BCUT2D eigenvalue weighted by molar-refractivity contribution is 5.89. The van der Waals surface area contributed by atoms with Crippen LogP contribution in [0.5, 0.6) is 0 Å². The summed E-state index contributed by atoms with van der Waals surface area (Å²) in [7, 11) is 0. The van der Waals surface area contributed by atoms with Gasteiger partial charge >= 0.3 is 5.97 Å². The molecule has 0 radical (unpaired) electrons. The quantitative estimate of drug-likeness (QED) is 0.905. The smallest absolute Gasteiger partial charge is 0.355 e. The first-order valence-corrected chi connectivity index (χ1v) is 7.41. The summed E-state index contributed by atoms with van der Waals surface area (Å²) >= 11 is 0. The molecule has 118 valence electrons. The fraction of sp³-hybridized carbons (Fsp3) is 0.571. The van der Waals surface area contributed by atoms with Crippen molar-refractivity contribution in [2.24, 2.45) is 0 Å². The molecule has 1 N–H and O–H groups in total. The first kappa shape index (κ1) is 14.7. The molecular formula is C14H19N5O3. The van der Waals surface area contributed by atoms with Gasteiger partial charge in [-0.25, -0.2) is 9.78 Å². The van der Waals surface area contributed by atoms with Crippen molar-refractivity contribution >= 4 is 17.6 Å². The highest BCUT2D eigenvalue weighted by Gasteiger charge is 2.27. The van der Waals surface area contributed by atoms with Crippen molar-refractivity contribution in [2.45, 2.75) is 32.7 Å². The van der Waals surface area contributed by atoms with Gasteiger partial charge in [0.1, 0.15) is 12.1 Å². The molecule has 2 aromatic rings. The zero-order chi connectivity index (χ0) is 15.7. The average Bonchev–Trinajstić information content (AvgIpc) is 2.98. The van der Waals surface area contributed by atoms with Gasteiger partial charge in [0.15, 0.2) is 5.69 Å². The molecular weight excluding hydrogens is 286 g/mol. The minimum absolute atomic E-state index is 0.0287. The van der Waals surface area contributed by atoms with Gasteiger partial charge in [-0.05, 0) is 26.7 Å². The number of carboxylic acids is 1. The minimum atomic E-state index is -1.05. The van der Waals surface area contributed by atoms with E-state index in [1.165, 1.54) is 6.33 Å². The first-order valence-electron chi connectivity index (χ1n) is 7.41. The zero-order valence-electron chi connectivity index (χ0n) is 12.7. The number of nitrogens with zero attached hydrogens (tertiary/aromatic N) is 5. The third kappa shape index (κ3) is 2.39. The summed E-state index contributed by atoms with van der Waals surface area (Å²) in [5, 5.41) is 13.6. The molecule has 3 heterocycles. The van der Waals surface area contributed by atoms with Crippen molar-refractivity contribution in [3.63, 3.8) is 0 Å². The number of aromatic carboxylic acids is 1. The van der Waals surface area contributed by atoms with Crippen LogP contribution in [0, 0.1) is 6.92 Å². The van der Waals surface area contributed by atoms with Crippen molar-refractivity contribution < 1.29 is 14.6 Å². The Morgan fingerprint density at radius 1 is 1.50 bits per heavy atom. The number of carbonyl (C=O) groups is 1. The third-order valence-corrected chi connectivity index (χ3v) is 4.08. The number of rotatable bonds is 4. The Bertz CT molecular complexity index is 693. The number of aromatic nitrogens is 4. The standard InChI is InChI=1S/C14H19N5O3/c1-3-18(10-4-6-22-7-5-10)12-9(2)11(13(20)21)17-14-15-8-16-19(12)14/h8,10H,3-7H2,1-2H3,(H,20,21). The summed E-state index contributed by atoms with van der Waals surface area (Å²) < 4.78 is 7.05. The van der Waals surface area contributed by atoms with Crippen LogP contribution in [0.25, 0.3) is 5.78 Å². The lowest BCUT2D eigenvalue weighted by Crippen LogP contribution is -2.41. The molecule has 1 fully saturated rings. The van der Waals surface area contributed by atoms with Crippen LogP contribution in [0.2, 0.25) is 0 Å². The maximum atomic E-state index is 11.5. The molecule has 0 aliphatic carbocycles. The van der Waals surface area contributed by atoms with Crippen LogP contribution in [-0.4, -0.2) is 56.5 Å². The van der Waals surface area contributed by atoms with E-state index in [1.54, 1.807) is 11.4 Å². The van der Waals surface area contributed by atoms with E-state index < -0.39 is 5.97 Å². The Balaban J connectivity index is 2.16. The number of hydrogen-bond donors (Lipinski definition) is 1. The number of fused-ring (bicyclic) bond motifs is 1. The molecule has 0 bridgehead atoms. The van der Waals surface area contributed by atoms with Gasteiger partial charge in [0.25, 0.3) is 5.78 Å². The average molecular weight is 305 g/mol. The molecule has 1 aliphatic rings. The minimum Gasteiger partial charge on any atom is -0.476 e. The van der Waals surface area contributed by atoms with E-state index in [-0.39, 0.29) is 5.69 Å². The van der Waals surface area contributed by atoms with Gasteiger partial charge in [-0.2, -0.15) is 14.6 Å². The summed E-state index contributed by atoms with van der Waals surface area (Å²) in [5.74, 6) is 0.0186. The van der Waals surface area contributed by atoms with E-state index >= 15 is 0 Å². The number of carboxylic acid groups (broad SMARTS) is 1. The molecule has 22 heavy (non-hydrogen) atoms. The molecule has 0 unspecified atom stereocenters. The van der Waals surface area contributed by atoms with Gasteiger partial charge in [-0.3, -0.25) is 0 Å². The van der Waals surface area contributed by atoms with Crippen molar-refractivity contribution in [3.8, 4) is 0 Å². The van der Waals surface area contributed by atoms with Crippen LogP contribution in [0.15, 0.2) is 6.33 Å². The SMILES string of the molecule is CCN(c1c(C)c(C(=O)O)nc2ncnn12)C1CCOCC1. The summed E-state index contributed by atoms with van der Waals surface area (Å²) in [5.41, 5.74) is 0.639. The van der Waals surface area contributed by atoms with Gasteiger partial charge in [0.05, 0.1) is 0 Å². The van der Waals surface area contributed by atoms with Crippen LogP contribution >= 0.6 is 0 Å². The molecule has 0 aromatic carbocycles. The fourth-order valence-corrected chi connectivity index (χ4v) is 3.03. The second-order valence-corrected chi connectivity index (χ2v) is 5.32. The monoisotopic (exact) mass is 305 g/mol. The normalized spacial score (nSPS) is 16.1. The predicted octanol–water partition coefficient (Wildman–Crippen LogP) is 1.14. The molecule has 2 aromatic heterocycles. The van der Waals surface area contributed by atoms with Crippen LogP contribution in [0.1, 0.15) is 35.8 Å². The number of anilines is 1. The van der Waals surface area contributed by atoms with Crippen molar-refractivity contribution in [2.75, 3.05) is 24.7 Å². The van der Waals surface area contributed by atoms with Crippen molar-refractivity contribution in [1.82, 2.24) is 19.6 Å². The zero-order valence-corrected chi connectivity index (χ0v) is 12.7. The maximum Gasteiger partial charge on any atom is 0.355 e. The largest absolute Gasteiger partial charge is 0.476 e. The molecule has 0 amide bonds. The molecule has 1 aliphatic heterocycles. The summed E-state index contributed by atoms with van der Waals surface area (Å²) in [6.07, 6.45) is 3.22. The Morgan fingerprint density at radius 2 is 2.23 bits per heavy atom. The Kier molecular flexibility index (Phi) is 3.93. The lowest BCUT2D eigenvalue weighted by Gasteiger charge is -2.36. The predicted molar refractivity (Wildman–Crippen MR) is 79.3 cm³/mol. The molecule has 1 saturated heterocycles. The molecule has 8 heteroatoms. The van der Waals surface area contributed by atoms with Crippen LogP contribution in [0.4, 0.5) is 5.82 Å². The number of ether oxygens (including phenoxy) is 1. The summed E-state index contributed by atoms with van der Waals surface area (Å²) in [4.78, 5) is 21.8. The Hall–Kier alpha value is -2.22. The second-order valence-electron chi connectivity index (χ2n) is 5.32. The molecule has 8 nitrogen and oxygen atoms in total. The highest BCUT2D eigenvalue weighted by atomic mass is 16.5. The van der Waals surface area contributed by atoms with Crippen LogP contribution in [-0.2, 0) is 4.74 Å². The van der Waals surface area contributed by atoms with E-state index in [0.29, 0.717) is 17.4 Å². The first-order chi connectivity index (χ1) is 10.6. The van der Waals surface area contributed by atoms with Crippen LogP contribution < -0.4 is 4.90 Å². The van der Waals surface area contributed by atoms with E-state index in [0.717, 1.165) is 38.4 Å².